The third-order valence-electron chi connectivity index (χ3n) is 2.86. The van der Waals surface area contributed by atoms with Gasteiger partial charge < -0.3 is 0 Å². The molecule has 1 aromatic carbocycles. The van der Waals surface area contributed by atoms with E-state index in [0.717, 1.165) is 5.56 Å². The molecule has 0 aliphatic carbocycles. The van der Waals surface area contributed by atoms with Crippen molar-refractivity contribution in [3.05, 3.63) is 77.6 Å². The quantitative estimate of drug-likeness (QED) is 0.647. The average molecular weight is 288 g/mol. The first kappa shape index (κ1) is 13.5. The monoisotopic (exact) mass is 288 g/mol. The lowest BCUT2D eigenvalue weighted by Gasteiger charge is -2.01. The van der Waals surface area contributed by atoms with Crippen molar-refractivity contribution in [2.24, 2.45) is 0 Å². The Morgan fingerprint density at radius 1 is 1.09 bits per heavy atom. The highest BCUT2D eigenvalue weighted by Gasteiger charge is 2.04. The van der Waals surface area contributed by atoms with Crippen LogP contribution in [0.15, 0.2) is 55.0 Å². The minimum Gasteiger partial charge on any atom is -0.263 e. The lowest BCUT2D eigenvalue weighted by molar-refractivity contribution is 0.625. The SMILES string of the molecule is N#Cc1cc(F)cc(-n2ccc(C#Cc3cccnc3)n2)c1. The van der Waals surface area contributed by atoms with E-state index in [0.29, 0.717) is 11.4 Å². The molecule has 0 spiro atoms. The Balaban J connectivity index is 1.90. The Hall–Kier alpha value is -3.44. The number of rotatable bonds is 1. The summed E-state index contributed by atoms with van der Waals surface area (Å²) in [6.07, 6.45) is 5.01. The van der Waals surface area contributed by atoms with E-state index in [1.54, 1.807) is 36.8 Å². The third-order valence-corrected chi connectivity index (χ3v) is 2.86. The second-order valence-corrected chi connectivity index (χ2v) is 4.45. The van der Waals surface area contributed by atoms with Gasteiger partial charge in [-0.15, -0.1) is 0 Å². The molecule has 2 heterocycles. The van der Waals surface area contributed by atoms with Crippen LogP contribution in [0, 0.1) is 29.0 Å². The van der Waals surface area contributed by atoms with Gasteiger partial charge in [0.25, 0.3) is 0 Å². The summed E-state index contributed by atoms with van der Waals surface area (Å²) in [7, 11) is 0. The summed E-state index contributed by atoms with van der Waals surface area (Å²) in [4.78, 5) is 3.98. The highest BCUT2D eigenvalue weighted by atomic mass is 19.1. The van der Waals surface area contributed by atoms with Crippen LogP contribution in [-0.4, -0.2) is 14.8 Å². The van der Waals surface area contributed by atoms with Crippen LogP contribution in [-0.2, 0) is 0 Å². The van der Waals surface area contributed by atoms with Crippen LogP contribution in [0.4, 0.5) is 4.39 Å². The van der Waals surface area contributed by atoms with Gasteiger partial charge in [0.1, 0.15) is 11.5 Å². The molecule has 0 radical (unpaired) electrons. The molecule has 3 aromatic rings. The van der Waals surface area contributed by atoms with E-state index < -0.39 is 5.82 Å². The van der Waals surface area contributed by atoms with Crippen LogP contribution in [0.1, 0.15) is 16.8 Å². The van der Waals surface area contributed by atoms with Gasteiger partial charge in [-0.3, -0.25) is 4.98 Å². The van der Waals surface area contributed by atoms with E-state index in [1.807, 2.05) is 12.1 Å². The van der Waals surface area contributed by atoms with Gasteiger partial charge in [0.05, 0.1) is 17.3 Å². The molecule has 0 aliphatic rings. The molecular weight excluding hydrogens is 279 g/mol. The van der Waals surface area contributed by atoms with E-state index in [-0.39, 0.29) is 5.56 Å². The fourth-order valence-electron chi connectivity index (χ4n) is 1.88. The van der Waals surface area contributed by atoms with Crippen LogP contribution < -0.4 is 0 Å². The number of nitrogens with zero attached hydrogens (tertiary/aromatic N) is 4. The van der Waals surface area contributed by atoms with Crippen molar-refractivity contribution < 1.29 is 4.39 Å². The van der Waals surface area contributed by atoms with Crippen molar-refractivity contribution in [2.45, 2.75) is 0 Å². The second-order valence-electron chi connectivity index (χ2n) is 4.45. The van der Waals surface area contributed by atoms with Gasteiger partial charge in [0.15, 0.2) is 0 Å². The maximum Gasteiger partial charge on any atom is 0.136 e. The van der Waals surface area contributed by atoms with E-state index >= 15 is 0 Å². The molecule has 0 fully saturated rings. The first-order valence-electron chi connectivity index (χ1n) is 6.43. The van der Waals surface area contributed by atoms with Crippen molar-refractivity contribution in [1.82, 2.24) is 14.8 Å². The zero-order chi connectivity index (χ0) is 15.4. The van der Waals surface area contributed by atoms with Gasteiger partial charge >= 0.3 is 0 Å². The molecule has 104 valence electrons. The normalized spacial score (nSPS) is 9.64. The molecular formula is C17H9FN4. The third kappa shape index (κ3) is 3.00. The molecule has 0 bridgehead atoms. The van der Waals surface area contributed by atoms with E-state index in [4.69, 9.17) is 5.26 Å². The number of benzene rings is 1. The molecule has 0 N–H and O–H groups in total. The first-order chi connectivity index (χ1) is 10.7. The molecule has 0 amide bonds. The van der Waals surface area contributed by atoms with Crippen molar-refractivity contribution in [3.63, 3.8) is 0 Å². The highest BCUT2D eigenvalue weighted by Crippen LogP contribution is 2.13. The Morgan fingerprint density at radius 2 is 2.00 bits per heavy atom. The number of hydrogen-bond acceptors (Lipinski definition) is 3. The molecule has 0 saturated carbocycles. The fraction of sp³-hybridized carbons (Fsp3) is 0. The molecule has 2 aromatic heterocycles. The predicted octanol–water partition coefficient (Wildman–Crippen LogP) is 2.68. The highest BCUT2D eigenvalue weighted by molar-refractivity contribution is 5.43. The maximum absolute atomic E-state index is 13.4. The molecule has 0 aliphatic heterocycles. The number of hydrogen-bond donors (Lipinski definition) is 0. The second kappa shape index (κ2) is 5.90. The first-order valence-corrected chi connectivity index (χ1v) is 6.43. The summed E-state index contributed by atoms with van der Waals surface area (Å²) in [6.45, 7) is 0. The van der Waals surface area contributed by atoms with Crippen LogP contribution in [0.25, 0.3) is 5.69 Å². The number of aromatic nitrogens is 3. The molecule has 3 rings (SSSR count). The Morgan fingerprint density at radius 3 is 2.77 bits per heavy atom. The van der Waals surface area contributed by atoms with Gasteiger partial charge in [-0.2, -0.15) is 10.4 Å². The Labute approximate surface area is 126 Å². The molecule has 4 nitrogen and oxygen atoms in total. The minimum atomic E-state index is -0.479. The molecule has 0 unspecified atom stereocenters. The number of nitriles is 1. The summed E-state index contributed by atoms with van der Waals surface area (Å²) >= 11 is 0. The lowest BCUT2D eigenvalue weighted by Crippen LogP contribution is -1.97. The topological polar surface area (TPSA) is 54.5 Å². The van der Waals surface area contributed by atoms with Crippen LogP contribution >= 0.6 is 0 Å². The Kier molecular flexibility index (Phi) is 3.63. The molecule has 22 heavy (non-hydrogen) atoms. The maximum atomic E-state index is 13.4. The van der Waals surface area contributed by atoms with E-state index in [1.165, 1.54) is 16.8 Å². The standard InChI is InChI=1S/C17H9FN4/c18-15-8-14(11-19)9-17(10-15)22-7-5-16(21-22)4-3-13-2-1-6-20-12-13/h1-2,5-10,12H. The van der Waals surface area contributed by atoms with Gasteiger partial charge in [-0.25, -0.2) is 9.07 Å². The zero-order valence-corrected chi connectivity index (χ0v) is 11.4. The van der Waals surface area contributed by atoms with Gasteiger partial charge in [-0.1, -0.05) is 5.92 Å². The summed E-state index contributed by atoms with van der Waals surface area (Å²) < 4.78 is 14.9. The number of halogens is 1. The largest absolute Gasteiger partial charge is 0.263 e. The minimum absolute atomic E-state index is 0.244. The van der Waals surface area contributed by atoms with Crippen LogP contribution in [0.3, 0.4) is 0 Å². The smallest absolute Gasteiger partial charge is 0.136 e. The van der Waals surface area contributed by atoms with Crippen LogP contribution in [0.2, 0.25) is 0 Å². The molecule has 5 heteroatoms. The Bertz CT molecular complexity index is 911. The van der Waals surface area contributed by atoms with Gasteiger partial charge in [0.2, 0.25) is 0 Å². The van der Waals surface area contributed by atoms with Crippen LogP contribution in [0.5, 0.6) is 0 Å². The van der Waals surface area contributed by atoms with Gasteiger partial charge in [-0.05, 0) is 42.3 Å². The zero-order valence-electron chi connectivity index (χ0n) is 11.4. The van der Waals surface area contributed by atoms with Gasteiger partial charge in [0, 0.05) is 24.2 Å². The molecule has 0 atom stereocenters. The van der Waals surface area contributed by atoms with Crippen molar-refractivity contribution in [1.29, 1.82) is 5.26 Å². The van der Waals surface area contributed by atoms with Crippen molar-refractivity contribution in [3.8, 4) is 23.6 Å². The average Bonchev–Trinajstić information content (AvgIpc) is 3.02. The predicted molar refractivity (Wildman–Crippen MR) is 78.5 cm³/mol. The summed E-state index contributed by atoms with van der Waals surface area (Å²) in [6, 6.07) is 11.3. The number of pyridine rings is 1. The summed E-state index contributed by atoms with van der Waals surface area (Å²) in [5.74, 6) is 5.38. The van der Waals surface area contributed by atoms with E-state index in [9.17, 15) is 4.39 Å². The van der Waals surface area contributed by atoms with E-state index in [2.05, 4.69) is 21.9 Å². The van der Waals surface area contributed by atoms with Crippen molar-refractivity contribution >= 4 is 0 Å². The lowest BCUT2D eigenvalue weighted by atomic mass is 10.2. The fourth-order valence-corrected chi connectivity index (χ4v) is 1.88. The summed E-state index contributed by atoms with van der Waals surface area (Å²) in [5, 5.41) is 13.1. The molecule has 0 saturated heterocycles. The summed E-state index contributed by atoms with van der Waals surface area (Å²) in [5.41, 5.74) is 2.06. The van der Waals surface area contributed by atoms with Crippen molar-refractivity contribution in [2.75, 3.05) is 0 Å².